The van der Waals surface area contributed by atoms with Crippen molar-refractivity contribution in [2.24, 2.45) is 5.92 Å². The summed E-state index contributed by atoms with van der Waals surface area (Å²) in [6.07, 6.45) is 3.08. The summed E-state index contributed by atoms with van der Waals surface area (Å²) in [5, 5.41) is 10.3. The summed E-state index contributed by atoms with van der Waals surface area (Å²) in [7, 11) is 0. The van der Waals surface area contributed by atoms with Crippen molar-refractivity contribution in [3.8, 4) is 0 Å². The van der Waals surface area contributed by atoms with E-state index in [2.05, 4.69) is 15.7 Å². The number of rotatable bonds is 6. The number of aryl methyl sites for hydroxylation is 2. The van der Waals surface area contributed by atoms with E-state index in [0.29, 0.717) is 12.1 Å². The van der Waals surface area contributed by atoms with Crippen LogP contribution in [0.1, 0.15) is 54.0 Å². The maximum absolute atomic E-state index is 12.3. The van der Waals surface area contributed by atoms with Crippen molar-refractivity contribution in [2.45, 2.75) is 46.1 Å². The van der Waals surface area contributed by atoms with Gasteiger partial charge in [-0.1, -0.05) is 6.42 Å². The third kappa shape index (κ3) is 4.12. The third-order valence-electron chi connectivity index (χ3n) is 4.91. The van der Waals surface area contributed by atoms with Gasteiger partial charge in [-0.05, 0) is 63.9 Å². The van der Waals surface area contributed by atoms with Crippen molar-refractivity contribution in [3.05, 3.63) is 47.3 Å². The fourth-order valence-corrected chi connectivity index (χ4v) is 3.14. The number of carbonyl (C=O) groups is 2. The second-order valence-electron chi connectivity index (χ2n) is 7.13. The minimum atomic E-state index is -0.129. The molecule has 0 radical (unpaired) electrons. The molecule has 1 aliphatic rings. The normalized spacial score (nSPS) is 15.2. The molecule has 1 atom stereocenters. The molecule has 1 fully saturated rings. The minimum Gasteiger partial charge on any atom is -0.350 e. The molecule has 0 spiro atoms. The molecule has 0 unspecified atom stereocenters. The Labute approximate surface area is 154 Å². The highest BCUT2D eigenvalue weighted by atomic mass is 16.2. The Morgan fingerprint density at radius 1 is 1.23 bits per heavy atom. The largest absolute Gasteiger partial charge is 0.350 e. The minimum absolute atomic E-state index is 0.0761. The van der Waals surface area contributed by atoms with Crippen molar-refractivity contribution >= 4 is 17.5 Å². The first-order chi connectivity index (χ1) is 12.4. The van der Waals surface area contributed by atoms with Crippen molar-refractivity contribution < 1.29 is 9.59 Å². The fourth-order valence-electron chi connectivity index (χ4n) is 3.14. The van der Waals surface area contributed by atoms with Gasteiger partial charge in [-0.3, -0.25) is 14.3 Å². The van der Waals surface area contributed by atoms with Gasteiger partial charge in [0.05, 0.1) is 11.7 Å². The molecule has 3 rings (SSSR count). The van der Waals surface area contributed by atoms with Crippen LogP contribution in [0.5, 0.6) is 0 Å². The maximum atomic E-state index is 12.3. The molecule has 26 heavy (non-hydrogen) atoms. The van der Waals surface area contributed by atoms with Crippen LogP contribution in [0.25, 0.3) is 0 Å². The molecule has 2 amide bonds. The van der Waals surface area contributed by atoms with Gasteiger partial charge in [0.25, 0.3) is 5.91 Å². The predicted octanol–water partition coefficient (Wildman–Crippen LogP) is 3.23. The highest BCUT2D eigenvalue weighted by molar-refractivity contribution is 5.96. The Balaban J connectivity index is 1.52. The van der Waals surface area contributed by atoms with Crippen LogP contribution in [0, 0.1) is 19.8 Å². The first kappa shape index (κ1) is 18.2. The third-order valence-corrected chi connectivity index (χ3v) is 4.91. The van der Waals surface area contributed by atoms with Gasteiger partial charge in [0, 0.05) is 29.4 Å². The Hall–Kier alpha value is -2.63. The van der Waals surface area contributed by atoms with Gasteiger partial charge in [-0.25, -0.2) is 0 Å². The van der Waals surface area contributed by atoms with Crippen LogP contribution >= 0.6 is 0 Å². The average Bonchev–Trinajstić information content (AvgIpc) is 2.90. The molecule has 138 valence electrons. The molecule has 6 nitrogen and oxygen atoms in total. The lowest BCUT2D eigenvalue weighted by atomic mass is 9.85. The fraction of sp³-hybridized carbons (Fsp3) is 0.450. The molecule has 6 heteroatoms. The number of amides is 2. The molecule has 1 aromatic heterocycles. The Morgan fingerprint density at radius 3 is 2.46 bits per heavy atom. The van der Waals surface area contributed by atoms with E-state index in [1.54, 1.807) is 24.3 Å². The molecule has 2 N–H and O–H groups in total. The second-order valence-corrected chi connectivity index (χ2v) is 7.13. The van der Waals surface area contributed by atoms with E-state index in [-0.39, 0.29) is 23.8 Å². The molecule has 1 aliphatic carbocycles. The van der Waals surface area contributed by atoms with Crippen LogP contribution in [0.3, 0.4) is 0 Å². The van der Waals surface area contributed by atoms with Crippen molar-refractivity contribution in [1.82, 2.24) is 15.1 Å². The standard InChI is InChI=1S/C20H26N4O2/c1-13-11-14(2)24(23-13)15(3)12-21-19(25)17-7-9-18(10-8-17)22-20(26)16-5-4-6-16/h7-11,15-16H,4-6,12H2,1-3H3,(H,21,25)(H,22,26)/t15-/m1/s1. The van der Waals surface area contributed by atoms with Gasteiger partial charge in [0.15, 0.2) is 0 Å². The lowest BCUT2D eigenvalue weighted by Crippen LogP contribution is -2.30. The highest BCUT2D eigenvalue weighted by Gasteiger charge is 2.25. The molecule has 1 aromatic carbocycles. The van der Waals surface area contributed by atoms with Crippen molar-refractivity contribution in [3.63, 3.8) is 0 Å². The van der Waals surface area contributed by atoms with E-state index in [4.69, 9.17) is 0 Å². The Morgan fingerprint density at radius 2 is 1.92 bits per heavy atom. The first-order valence-corrected chi connectivity index (χ1v) is 9.16. The molecule has 1 heterocycles. The number of benzene rings is 1. The predicted molar refractivity (Wildman–Crippen MR) is 101 cm³/mol. The van der Waals surface area contributed by atoms with Crippen LogP contribution in [0.2, 0.25) is 0 Å². The summed E-state index contributed by atoms with van der Waals surface area (Å²) in [5.41, 5.74) is 3.36. The summed E-state index contributed by atoms with van der Waals surface area (Å²) in [6.45, 7) is 6.49. The topological polar surface area (TPSA) is 76.0 Å². The molecule has 0 bridgehead atoms. The number of nitrogens with zero attached hydrogens (tertiary/aromatic N) is 2. The molecule has 0 saturated heterocycles. The number of carbonyl (C=O) groups excluding carboxylic acids is 2. The molecule has 0 aliphatic heterocycles. The van der Waals surface area contributed by atoms with E-state index in [0.717, 1.165) is 36.3 Å². The summed E-state index contributed by atoms with van der Waals surface area (Å²) in [6, 6.07) is 9.12. The van der Waals surface area contributed by atoms with Crippen LogP contribution in [-0.2, 0) is 4.79 Å². The first-order valence-electron chi connectivity index (χ1n) is 9.16. The highest BCUT2D eigenvalue weighted by Crippen LogP contribution is 2.27. The zero-order valence-corrected chi connectivity index (χ0v) is 15.6. The van der Waals surface area contributed by atoms with Crippen LogP contribution in [0.4, 0.5) is 5.69 Å². The SMILES string of the molecule is Cc1cc(C)n([C@H](C)CNC(=O)c2ccc(NC(=O)C3CCC3)cc2)n1. The van der Waals surface area contributed by atoms with Gasteiger partial charge >= 0.3 is 0 Å². The molecular formula is C20H26N4O2. The van der Waals surface area contributed by atoms with Crippen LogP contribution < -0.4 is 10.6 Å². The number of aromatic nitrogens is 2. The quantitative estimate of drug-likeness (QED) is 0.836. The second kappa shape index (κ2) is 7.72. The van der Waals surface area contributed by atoms with Crippen LogP contribution in [-0.4, -0.2) is 28.1 Å². The Kier molecular flexibility index (Phi) is 5.40. The van der Waals surface area contributed by atoms with Gasteiger partial charge in [-0.15, -0.1) is 0 Å². The van der Waals surface area contributed by atoms with Gasteiger partial charge < -0.3 is 10.6 Å². The molecular weight excluding hydrogens is 328 g/mol. The zero-order chi connectivity index (χ0) is 18.7. The lowest BCUT2D eigenvalue weighted by Gasteiger charge is -2.24. The van der Waals surface area contributed by atoms with E-state index in [9.17, 15) is 9.59 Å². The summed E-state index contributed by atoms with van der Waals surface area (Å²) >= 11 is 0. The van der Waals surface area contributed by atoms with Gasteiger partial charge in [-0.2, -0.15) is 5.10 Å². The monoisotopic (exact) mass is 354 g/mol. The number of hydrogen-bond acceptors (Lipinski definition) is 3. The summed E-state index contributed by atoms with van der Waals surface area (Å²) in [4.78, 5) is 24.3. The van der Waals surface area contributed by atoms with Gasteiger partial charge in [0.1, 0.15) is 0 Å². The molecule has 2 aromatic rings. The summed E-state index contributed by atoms with van der Waals surface area (Å²) < 4.78 is 1.93. The van der Waals surface area contributed by atoms with E-state index >= 15 is 0 Å². The number of anilines is 1. The smallest absolute Gasteiger partial charge is 0.251 e. The number of nitrogens with one attached hydrogen (secondary N) is 2. The lowest BCUT2D eigenvalue weighted by molar-refractivity contribution is -0.122. The van der Waals surface area contributed by atoms with Crippen molar-refractivity contribution in [2.75, 3.05) is 11.9 Å². The van der Waals surface area contributed by atoms with Gasteiger partial charge in [0.2, 0.25) is 5.91 Å². The van der Waals surface area contributed by atoms with E-state index in [1.807, 2.05) is 31.5 Å². The number of hydrogen-bond donors (Lipinski definition) is 2. The van der Waals surface area contributed by atoms with Crippen molar-refractivity contribution in [1.29, 1.82) is 0 Å². The zero-order valence-electron chi connectivity index (χ0n) is 15.6. The maximum Gasteiger partial charge on any atom is 0.251 e. The molecule has 1 saturated carbocycles. The average molecular weight is 354 g/mol. The Bertz CT molecular complexity index is 791. The van der Waals surface area contributed by atoms with Crippen LogP contribution in [0.15, 0.2) is 30.3 Å². The van der Waals surface area contributed by atoms with E-state index < -0.39 is 0 Å². The van der Waals surface area contributed by atoms with E-state index in [1.165, 1.54) is 0 Å². The summed E-state index contributed by atoms with van der Waals surface area (Å²) in [5.74, 6) is 0.0938.